The largest absolute Gasteiger partial charge is 0.172 e. The van der Waals surface area contributed by atoms with E-state index in [1.807, 2.05) is 0 Å². The Hall–Kier alpha value is -5.04. The van der Waals surface area contributed by atoms with Crippen LogP contribution in [0.3, 0.4) is 0 Å². The van der Waals surface area contributed by atoms with E-state index in [9.17, 15) is 0 Å². The first kappa shape index (κ1) is 60.6. The van der Waals surface area contributed by atoms with Gasteiger partial charge in [-0.25, -0.2) is 0 Å². The lowest BCUT2D eigenvalue weighted by molar-refractivity contribution is 0.589. The maximum Gasteiger partial charge on any atom is 0.113 e. The van der Waals surface area contributed by atoms with Gasteiger partial charge in [0.05, 0.1) is 23.5 Å². The van der Waals surface area contributed by atoms with Gasteiger partial charge in [0.1, 0.15) is 22.1 Å². The zero-order valence-corrected chi connectivity index (χ0v) is 50.4. The number of benzene rings is 6. The molecule has 0 bridgehead atoms. The number of hydrogen-bond donors (Lipinski definition) is 0. The first-order chi connectivity index (χ1) is 38.6. The van der Waals surface area contributed by atoms with E-state index in [1.165, 1.54) is 296 Å². The van der Waals surface area contributed by atoms with Crippen LogP contribution in [0.2, 0.25) is 0 Å². The van der Waals surface area contributed by atoms with Crippen molar-refractivity contribution in [2.24, 2.45) is 0 Å². The van der Waals surface area contributed by atoms with E-state index >= 15 is 0 Å². The third-order valence-corrected chi connectivity index (χ3v) is 17.2. The SMILES string of the molecule is CCCCCCCCCc1ccc(-c2ccc(-c3ccc(CCCCCCCCC)cc3)c3nsnc23)cc1.CCCCCCCCCc1ccc(-c2ccc(-c3ccc(CCCCCCCCC)cc3)c3nsnc23)cc1. The molecule has 4 nitrogen and oxygen atoms in total. The van der Waals surface area contributed by atoms with Gasteiger partial charge in [0.15, 0.2) is 0 Å². The summed E-state index contributed by atoms with van der Waals surface area (Å²) in [4.78, 5) is 0. The standard InChI is InChI=1S/2C36H48N2S/c2*1-3-5-7-9-11-13-15-17-29-19-23-31(24-20-29)33-27-28-34(36-35(33)37-39-38-36)32-25-21-30(22-26-32)18-16-14-12-10-8-6-4-2/h2*19-28H,3-18H2,1-2H3. The van der Waals surface area contributed by atoms with Crippen LogP contribution in [0.4, 0.5) is 0 Å². The molecule has 0 aliphatic rings. The molecule has 0 N–H and O–H groups in total. The fraction of sp³-hybridized carbons (Fsp3) is 0.500. The predicted octanol–water partition coefficient (Wildman–Crippen LogP) is 23.2. The topological polar surface area (TPSA) is 51.6 Å². The number of nitrogens with zero attached hydrogens (tertiary/aromatic N) is 4. The summed E-state index contributed by atoms with van der Waals surface area (Å²) in [6.07, 6.45) is 42.7. The Bertz CT molecular complexity index is 2450. The van der Waals surface area contributed by atoms with Crippen molar-refractivity contribution in [2.75, 3.05) is 0 Å². The Morgan fingerprint density at radius 2 is 0.397 bits per heavy atom. The lowest BCUT2D eigenvalue weighted by atomic mass is 9.95. The van der Waals surface area contributed by atoms with Crippen LogP contribution in [-0.2, 0) is 25.7 Å². The minimum Gasteiger partial charge on any atom is -0.172 e. The van der Waals surface area contributed by atoms with Gasteiger partial charge in [-0.05, 0) is 95.9 Å². The summed E-state index contributed by atoms with van der Waals surface area (Å²) in [5.41, 5.74) is 19.5. The van der Waals surface area contributed by atoms with Crippen LogP contribution in [0.1, 0.15) is 230 Å². The first-order valence-electron chi connectivity index (χ1n) is 31.5. The van der Waals surface area contributed by atoms with Gasteiger partial charge in [0.25, 0.3) is 0 Å². The lowest BCUT2D eigenvalue weighted by Crippen LogP contribution is -1.89. The fourth-order valence-electron chi connectivity index (χ4n) is 11.2. The van der Waals surface area contributed by atoms with E-state index in [2.05, 4.69) is 149 Å². The summed E-state index contributed by atoms with van der Waals surface area (Å²) in [7, 11) is 0. The second-order valence-corrected chi connectivity index (χ2v) is 23.6. The molecule has 2 aromatic heterocycles. The Kier molecular flexibility index (Phi) is 27.6. The molecule has 0 fully saturated rings. The molecular formula is C72H96N4S2. The minimum absolute atomic E-state index is 1.02. The molecule has 0 aliphatic carbocycles. The Morgan fingerprint density at radius 3 is 0.590 bits per heavy atom. The second-order valence-electron chi connectivity index (χ2n) is 22.5. The molecule has 6 heteroatoms. The summed E-state index contributed by atoms with van der Waals surface area (Å²) in [5.74, 6) is 0. The zero-order chi connectivity index (χ0) is 54.2. The van der Waals surface area contributed by atoms with Crippen LogP contribution >= 0.6 is 23.5 Å². The van der Waals surface area contributed by atoms with Gasteiger partial charge in [-0.1, -0.05) is 303 Å². The van der Waals surface area contributed by atoms with Crippen molar-refractivity contribution in [3.8, 4) is 44.5 Å². The highest BCUT2D eigenvalue weighted by molar-refractivity contribution is 7.00. The van der Waals surface area contributed by atoms with Crippen molar-refractivity contribution in [1.29, 1.82) is 0 Å². The molecule has 2 heterocycles. The summed E-state index contributed by atoms with van der Waals surface area (Å²) in [5, 5.41) is 0. The van der Waals surface area contributed by atoms with Gasteiger partial charge in [-0.15, -0.1) is 0 Å². The second kappa shape index (κ2) is 35.5. The van der Waals surface area contributed by atoms with E-state index in [0.29, 0.717) is 0 Å². The summed E-state index contributed by atoms with van der Waals surface area (Å²) >= 11 is 2.64. The van der Waals surface area contributed by atoms with Crippen molar-refractivity contribution in [2.45, 2.75) is 233 Å². The average molecular weight is 1080 g/mol. The number of rotatable bonds is 36. The third kappa shape index (κ3) is 19.6. The van der Waals surface area contributed by atoms with E-state index in [0.717, 1.165) is 22.1 Å². The molecule has 8 aromatic rings. The maximum absolute atomic E-state index is 4.72. The van der Waals surface area contributed by atoms with E-state index < -0.39 is 0 Å². The highest BCUT2D eigenvalue weighted by atomic mass is 32.1. The summed E-state index contributed by atoms with van der Waals surface area (Å²) in [6.45, 7) is 9.13. The van der Waals surface area contributed by atoms with E-state index in [-0.39, 0.29) is 0 Å². The van der Waals surface area contributed by atoms with Gasteiger partial charge < -0.3 is 0 Å². The van der Waals surface area contributed by atoms with E-state index in [1.54, 1.807) is 0 Å². The number of fused-ring (bicyclic) bond motifs is 2. The quantitative estimate of drug-likeness (QED) is 0.0367. The van der Waals surface area contributed by atoms with Crippen molar-refractivity contribution in [1.82, 2.24) is 17.5 Å². The molecule has 0 aliphatic heterocycles. The molecule has 0 atom stereocenters. The highest BCUT2D eigenvalue weighted by Crippen LogP contribution is 2.37. The molecule has 78 heavy (non-hydrogen) atoms. The normalized spacial score (nSPS) is 11.4. The number of hydrogen-bond acceptors (Lipinski definition) is 6. The van der Waals surface area contributed by atoms with Gasteiger partial charge in [-0.3, -0.25) is 0 Å². The van der Waals surface area contributed by atoms with Crippen molar-refractivity contribution >= 4 is 45.5 Å². The molecule has 8 rings (SSSR count). The third-order valence-electron chi connectivity index (χ3n) is 16.2. The van der Waals surface area contributed by atoms with Crippen molar-refractivity contribution in [3.05, 3.63) is 144 Å². The van der Waals surface area contributed by atoms with Crippen LogP contribution in [-0.4, -0.2) is 17.5 Å². The lowest BCUT2D eigenvalue weighted by Gasteiger charge is -2.09. The molecule has 6 aromatic carbocycles. The average Bonchev–Trinajstić information content (AvgIpc) is 4.20. The Morgan fingerprint density at radius 1 is 0.218 bits per heavy atom. The molecule has 0 saturated carbocycles. The molecule has 0 spiro atoms. The number of aryl methyl sites for hydroxylation is 4. The number of unbranched alkanes of at least 4 members (excludes halogenated alkanes) is 24. The minimum atomic E-state index is 1.02. The van der Waals surface area contributed by atoms with Crippen molar-refractivity contribution in [3.63, 3.8) is 0 Å². The fourth-order valence-corrected chi connectivity index (χ4v) is 12.4. The molecule has 0 amide bonds. The highest BCUT2D eigenvalue weighted by Gasteiger charge is 2.16. The molecule has 0 radical (unpaired) electrons. The van der Waals surface area contributed by atoms with Crippen molar-refractivity contribution < 1.29 is 0 Å². The van der Waals surface area contributed by atoms with Crippen LogP contribution in [0, 0.1) is 0 Å². The molecular weight excluding hydrogens is 985 g/mol. The summed E-state index contributed by atoms with van der Waals surface area (Å²) < 4.78 is 18.9. The molecule has 0 saturated heterocycles. The van der Waals surface area contributed by atoms with Crippen LogP contribution < -0.4 is 0 Å². The van der Waals surface area contributed by atoms with Crippen LogP contribution in [0.15, 0.2) is 121 Å². The first-order valence-corrected chi connectivity index (χ1v) is 32.9. The monoisotopic (exact) mass is 1080 g/mol. The Balaban J connectivity index is 0.000000226. The van der Waals surface area contributed by atoms with Crippen LogP contribution in [0.5, 0.6) is 0 Å². The van der Waals surface area contributed by atoms with Gasteiger partial charge >= 0.3 is 0 Å². The van der Waals surface area contributed by atoms with Gasteiger partial charge in [0, 0.05) is 22.3 Å². The van der Waals surface area contributed by atoms with E-state index in [4.69, 9.17) is 17.5 Å². The molecule has 0 unspecified atom stereocenters. The number of aromatic nitrogens is 4. The predicted molar refractivity (Wildman–Crippen MR) is 343 cm³/mol. The Labute approximate surface area is 481 Å². The van der Waals surface area contributed by atoms with Gasteiger partial charge in [-0.2, -0.15) is 17.5 Å². The zero-order valence-electron chi connectivity index (χ0n) is 48.8. The maximum atomic E-state index is 4.72. The smallest absolute Gasteiger partial charge is 0.113 e. The van der Waals surface area contributed by atoms with Gasteiger partial charge in [0.2, 0.25) is 0 Å². The molecule has 416 valence electrons. The van der Waals surface area contributed by atoms with Crippen LogP contribution in [0.25, 0.3) is 66.6 Å². The summed E-state index contributed by atoms with van der Waals surface area (Å²) in [6, 6.07) is 45.5.